The molecule has 0 fully saturated rings. The molecule has 0 aromatic heterocycles. The van der Waals surface area contributed by atoms with E-state index in [2.05, 4.69) is 9.56 Å². The molecule has 0 bridgehead atoms. The Morgan fingerprint density at radius 1 is 1.45 bits per heavy atom. The predicted octanol–water partition coefficient (Wildman–Crippen LogP) is -0.236. The number of sulfonamides is 1. The van der Waals surface area contributed by atoms with Gasteiger partial charge in [-0.1, -0.05) is 0 Å². The van der Waals surface area contributed by atoms with Gasteiger partial charge >= 0.3 is 0 Å². The number of anilines is 1. The van der Waals surface area contributed by atoms with Gasteiger partial charge in [-0.3, -0.25) is 4.79 Å². The van der Waals surface area contributed by atoms with E-state index in [1.54, 1.807) is 19.2 Å². The predicted molar refractivity (Wildman–Crippen MR) is 73.5 cm³/mol. The van der Waals surface area contributed by atoms with Gasteiger partial charge in [-0.25, -0.2) is 19.0 Å². The van der Waals surface area contributed by atoms with Gasteiger partial charge in [0.05, 0.1) is 17.9 Å². The Morgan fingerprint density at radius 3 is 2.90 bits per heavy atom. The second-order valence-electron chi connectivity index (χ2n) is 4.54. The number of amides is 1. The SMILES string of the molecule is CN1C(=O)Cc2cc(S(=O)(=O)NCCCON)ccc21. The Labute approximate surface area is 117 Å². The second-order valence-corrected chi connectivity index (χ2v) is 6.31. The molecule has 1 aromatic carbocycles. The number of nitrogens with one attached hydrogen (secondary N) is 1. The van der Waals surface area contributed by atoms with Gasteiger partial charge in [0.15, 0.2) is 0 Å². The van der Waals surface area contributed by atoms with E-state index in [9.17, 15) is 13.2 Å². The van der Waals surface area contributed by atoms with Crippen molar-refractivity contribution >= 4 is 21.6 Å². The van der Waals surface area contributed by atoms with Crippen LogP contribution in [0.15, 0.2) is 23.1 Å². The fourth-order valence-corrected chi connectivity index (χ4v) is 3.18. The highest BCUT2D eigenvalue weighted by Crippen LogP contribution is 2.29. The summed E-state index contributed by atoms with van der Waals surface area (Å²) in [5.74, 6) is 4.82. The number of hydrogen-bond acceptors (Lipinski definition) is 5. The minimum Gasteiger partial charge on any atom is -0.315 e. The van der Waals surface area contributed by atoms with Crippen LogP contribution in [0.5, 0.6) is 0 Å². The standard InChI is InChI=1S/C12H17N3O4S/c1-15-11-4-3-10(7-9(11)8-12(15)16)20(17,18)14-5-2-6-19-13/h3-4,7,14H,2,5-6,8,13H2,1H3. The van der Waals surface area contributed by atoms with Gasteiger partial charge < -0.3 is 9.74 Å². The van der Waals surface area contributed by atoms with E-state index < -0.39 is 10.0 Å². The van der Waals surface area contributed by atoms with E-state index >= 15 is 0 Å². The Kier molecular flexibility index (Phi) is 4.39. The van der Waals surface area contributed by atoms with E-state index in [-0.39, 0.29) is 30.4 Å². The molecular formula is C12H17N3O4S. The molecule has 8 heteroatoms. The third kappa shape index (κ3) is 2.98. The summed E-state index contributed by atoms with van der Waals surface area (Å²) in [5, 5.41) is 0. The molecule has 0 unspecified atom stereocenters. The molecule has 0 atom stereocenters. The van der Waals surface area contributed by atoms with Crippen molar-refractivity contribution in [2.45, 2.75) is 17.7 Å². The van der Waals surface area contributed by atoms with Crippen LogP contribution >= 0.6 is 0 Å². The summed E-state index contributed by atoms with van der Waals surface area (Å²) in [6.07, 6.45) is 0.720. The van der Waals surface area contributed by atoms with Crippen LogP contribution in [0.2, 0.25) is 0 Å². The van der Waals surface area contributed by atoms with Gasteiger partial charge in [-0.2, -0.15) is 0 Å². The third-order valence-electron chi connectivity index (χ3n) is 3.17. The van der Waals surface area contributed by atoms with Crippen LogP contribution in [0.25, 0.3) is 0 Å². The summed E-state index contributed by atoms with van der Waals surface area (Å²) in [4.78, 5) is 17.6. The first kappa shape index (κ1) is 14.9. The summed E-state index contributed by atoms with van der Waals surface area (Å²) in [5.41, 5.74) is 1.48. The van der Waals surface area contributed by atoms with Crippen molar-refractivity contribution < 1.29 is 18.0 Å². The minimum atomic E-state index is -3.57. The van der Waals surface area contributed by atoms with Gasteiger partial charge in [0, 0.05) is 19.3 Å². The molecule has 1 aromatic rings. The van der Waals surface area contributed by atoms with Crippen molar-refractivity contribution in [3.8, 4) is 0 Å². The highest BCUT2D eigenvalue weighted by molar-refractivity contribution is 7.89. The first-order chi connectivity index (χ1) is 9.45. The van der Waals surface area contributed by atoms with Gasteiger partial charge in [-0.05, 0) is 30.2 Å². The monoisotopic (exact) mass is 299 g/mol. The zero-order valence-corrected chi connectivity index (χ0v) is 11.9. The third-order valence-corrected chi connectivity index (χ3v) is 4.63. The Bertz CT molecular complexity index is 615. The number of carbonyl (C=O) groups excluding carboxylic acids is 1. The number of likely N-dealkylation sites (N-methyl/N-ethyl adjacent to an activating group) is 1. The number of carbonyl (C=O) groups is 1. The van der Waals surface area contributed by atoms with Crippen LogP contribution in [0.1, 0.15) is 12.0 Å². The van der Waals surface area contributed by atoms with Crippen molar-refractivity contribution in [1.82, 2.24) is 4.72 Å². The van der Waals surface area contributed by atoms with Gasteiger partial charge in [0.25, 0.3) is 0 Å². The van der Waals surface area contributed by atoms with Crippen molar-refractivity contribution in [1.29, 1.82) is 0 Å². The molecular weight excluding hydrogens is 282 g/mol. The molecule has 20 heavy (non-hydrogen) atoms. The topological polar surface area (TPSA) is 102 Å². The van der Waals surface area contributed by atoms with Crippen molar-refractivity contribution in [2.75, 3.05) is 25.1 Å². The second kappa shape index (κ2) is 5.88. The molecule has 1 aliphatic rings. The molecule has 1 amide bonds. The Hall–Kier alpha value is -1.48. The smallest absolute Gasteiger partial charge is 0.240 e. The van der Waals surface area contributed by atoms with E-state index in [4.69, 9.17) is 5.90 Å². The lowest BCUT2D eigenvalue weighted by Gasteiger charge is -2.11. The van der Waals surface area contributed by atoms with Crippen molar-refractivity contribution in [2.24, 2.45) is 5.90 Å². The summed E-state index contributed by atoms with van der Waals surface area (Å²) >= 11 is 0. The summed E-state index contributed by atoms with van der Waals surface area (Å²) in [6.45, 7) is 0.529. The zero-order valence-electron chi connectivity index (χ0n) is 11.1. The molecule has 3 N–H and O–H groups in total. The lowest BCUT2D eigenvalue weighted by molar-refractivity contribution is -0.117. The number of hydrogen-bond donors (Lipinski definition) is 2. The van der Waals surface area contributed by atoms with E-state index in [0.29, 0.717) is 6.42 Å². The van der Waals surface area contributed by atoms with Crippen molar-refractivity contribution in [3.63, 3.8) is 0 Å². The van der Waals surface area contributed by atoms with E-state index in [0.717, 1.165) is 11.3 Å². The molecule has 0 aliphatic carbocycles. The average Bonchev–Trinajstić information content (AvgIpc) is 2.70. The minimum absolute atomic E-state index is 0.0393. The number of rotatable bonds is 6. The molecule has 1 heterocycles. The average molecular weight is 299 g/mol. The molecule has 0 saturated heterocycles. The van der Waals surface area contributed by atoms with E-state index in [1.165, 1.54) is 11.0 Å². The van der Waals surface area contributed by atoms with Crippen LogP contribution in [-0.2, 0) is 26.1 Å². The Balaban J connectivity index is 2.14. The molecule has 110 valence electrons. The van der Waals surface area contributed by atoms with Crippen LogP contribution < -0.4 is 15.5 Å². The Morgan fingerprint density at radius 2 is 2.20 bits per heavy atom. The van der Waals surface area contributed by atoms with Crippen LogP contribution in [0.3, 0.4) is 0 Å². The highest BCUT2D eigenvalue weighted by Gasteiger charge is 2.26. The summed E-state index contributed by atoms with van der Waals surface area (Å²) in [7, 11) is -1.90. The van der Waals surface area contributed by atoms with E-state index in [1.807, 2.05) is 0 Å². The van der Waals surface area contributed by atoms with Gasteiger partial charge in [0.1, 0.15) is 0 Å². The molecule has 1 aliphatic heterocycles. The summed E-state index contributed by atoms with van der Waals surface area (Å²) < 4.78 is 26.6. The normalized spacial score (nSPS) is 14.7. The number of nitrogens with zero attached hydrogens (tertiary/aromatic N) is 1. The van der Waals surface area contributed by atoms with Gasteiger partial charge in [0.2, 0.25) is 15.9 Å². The maximum atomic E-state index is 12.1. The number of benzene rings is 1. The quantitative estimate of drug-likeness (QED) is 0.558. The first-order valence-electron chi connectivity index (χ1n) is 6.16. The molecule has 0 saturated carbocycles. The molecule has 0 radical (unpaired) electrons. The van der Waals surface area contributed by atoms with Crippen LogP contribution in [0.4, 0.5) is 5.69 Å². The van der Waals surface area contributed by atoms with Gasteiger partial charge in [-0.15, -0.1) is 0 Å². The maximum absolute atomic E-state index is 12.1. The fourth-order valence-electron chi connectivity index (χ4n) is 2.06. The molecule has 7 nitrogen and oxygen atoms in total. The lowest BCUT2D eigenvalue weighted by Crippen LogP contribution is -2.26. The number of fused-ring (bicyclic) bond motifs is 1. The zero-order chi connectivity index (χ0) is 14.8. The summed E-state index contributed by atoms with van der Waals surface area (Å²) in [6, 6.07) is 4.69. The first-order valence-corrected chi connectivity index (χ1v) is 7.65. The molecule has 2 rings (SSSR count). The number of nitrogens with two attached hydrogens (primary N) is 1. The van der Waals surface area contributed by atoms with Crippen LogP contribution in [-0.4, -0.2) is 34.5 Å². The van der Waals surface area contributed by atoms with Crippen molar-refractivity contribution in [3.05, 3.63) is 23.8 Å². The fraction of sp³-hybridized carbons (Fsp3) is 0.417. The maximum Gasteiger partial charge on any atom is 0.240 e. The lowest BCUT2D eigenvalue weighted by atomic mass is 10.2. The largest absolute Gasteiger partial charge is 0.315 e. The highest BCUT2D eigenvalue weighted by atomic mass is 32.2. The molecule has 0 spiro atoms. The van der Waals surface area contributed by atoms with Crippen LogP contribution in [0, 0.1) is 0 Å².